The normalized spacial score (nSPS) is 18.2. The number of urea groups is 1. The van der Waals surface area contributed by atoms with Crippen molar-refractivity contribution in [2.75, 3.05) is 37.0 Å². The summed E-state index contributed by atoms with van der Waals surface area (Å²) in [4.78, 5) is 12.1. The van der Waals surface area contributed by atoms with Crippen LogP contribution < -0.4 is 5.32 Å². The van der Waals surface area contributed by atoms with E-state index in [2.05, 4.69) is 5.32 Å². The SMILES string of the molecule is Cc1ccc(F)c(NC(=O)N(C)N2CCS(=O)(=O)CC2)c1. The second-order valence-corrected chi connectivity index (χ2v) is 7.35. The number of carbonyl (C=O) groups excluding carboxylic acids is 1. The fourth-order valence-electron chi connectivity index (χ4n) is 2.06. The number of sulfone groups is 1. The van der Waals surface area contributed by atoms with Crippen LogP contribution in [0.15, 0.2) is 18.2 Å². The van der Waals surface area contributed by atoms with Crippen molar-refractivity contribution >= 4 is 21.6 Å². The Bertz CT molecular complexity index is 634. The monoisotopic (exact) mass is 315 g/mol. The quantitative estimate of drug-likeness (QED) is 0.891. The first-order valence-electron chi connectivity index (χ1n) is 6.55. The summed E-state index contributed by atoms with van der Waals surface area (Å²) in [7, 11) is -1.48. The van der Waals surface area contributed by atoms with Crippen molar-refractivity contribution in [1.29, 1.82) is 0 Å². The molecule has 1 N–H and O–H groups in total. The fourth-order valence-corrected chi connectivity index (χ4v) is 3.24. The molecule has 21 heavy (non-hydrogen) atoms. The second-order valence-electron chi connectivity index (χ2n) is 5.04. The molecule has 8 heteroatoms. The van der Waals surface area contributed by atoms with Crippen LogP contribution in [0, 0.1) is 12.7 Å². The van der Waals surface area contributed by atoms with Gasteiger partial charge in [0, 0.05) is 20.1 Å². The van der Waals surface area contributed by atoms with E-state index in [1.54, 1.807) is 24.1 Å². The van der Waals surface area contributed by atoms with Gasteiger partial charge in [-0.1, -0.05) is 6.07 Å². The number of aryl methyl sites for hydroxylation is 1. The molecule has 1 aliphatic heterocycles. The van der Waals surface area contributed by atoms with Crippen molar-refractivity contribution < 1.29 is 17.6 Å². The number of rotatable bonds is 2. The van der Waals surface area contributed by atoms with Crippen LogP contribution in [0.1, 0.15) is 5.56 Å². The number of hydrazine groups is 1. The van der Waals surface area contributed by atoms with Crippen molar-refractivity contribution in [2.45, 2.75) is 6.92 Å². The zero-order valence-electron chi connectivity index (χ0n) is 12.0. The Morgan fingerprint density at radius 1 is 1.33 bits per heavy atom. The lowest BCUT2D eigenvalue weighted by Crippen LogP contribution is -2.52. The lowest BCUT2D eigenvalue weighted by atomic mass is 10.2. The first-order valence-corrected chi connectivity index (χ1v) is 8.37. The molecule has 1 heterocycles. The van der Waals surface area contributed by atoms with Gasteiger partial charge in [-0.3, -0.25) is 5.01 Å². The number of anilines is 1. The molecule has 0 aliphatic carbocycles. The van der Waals surface area contributed by atoms with Crippen molar-refractivity contribution in [1.82, 2.24) is 10.0 Å². The molecular weight excluding hydrogens is 297 g/mol. The highest BCUT2D eigenvalue weighted by Crippen LogP contribution is 2.16. The van der Waals surface area contributed by atoms with E-state index in [0.29, 0.717) is 0 Å². The number of nitrogens with one attached hydrogen (secondary N) is 1. The van der Waals surface area contributed by atoms with Gasteiger partial charge in [-0.05, 0) is 24.6 Å². The predicted molar refractivity (Wildman–Crippen MR) is 78.1 cm³/mol. The number of carbonyl (C=O) groups is 1. The standard InChI is InChI=1S/C13H18FN3O3S/c1-10-3-4-11(14)12(9-10)15-13(18)16(2)17-5-7-21(19,20)8-6-17/h3-4,9H,5-8H2,1-2H3,(H,15,18). The Hall–Kier alpha value is -1.67. The third-order valence-electron chi connectivity index (χ3n) is 3.40. The molecule has 0 radical (unpaired) electrons. The maximum atomic E-state index is 13.6. The number of hydrogen-bond acceptors (Lipinski definition) is 4. The minimum Gasteiger partial charge on any atom is -0.304 e. The van der Waals surface area contributed by atoms with Gasteiger partial charge in [0.1, 0.15) is 5.82 Å². The maximum absolute atomic E-state index is 13.6. The molecule has 116 valence electrons. The summed E-state index contributed by atoms with van der Waals surface area (Å²) in [5.41, 5.74) is 0.940. The zero-order chi connectivity index (χ0) is 15.6. The van der Waals surface area contributed by atoms with Crippen molar-refractivity contribution in [3.05, 3.63) is 29.6 Å². The summed E-state index contributed by atoms with van der Waals surface area (Å²) in [5, 5.41) is 5.41. The highest BCUT2D eigenvalue weighted by atomic mass is 32.2. The van der Waals surface area contributed by atoms with Gasteiger partial charge in [0.25, 0.3) is 0 Å². The van der Waals surface area contributed by atoms with Crippen LogP contribution in [0.25, 0.3) is 0 Å². The highest BCUT2D eigenvalue weighted by Gasteiger charge is 2.26. The van der Waals surface area contributed by atoms with Crippen LogP contribution in [0.3, 0.4) is 0 Å². The van der Waals surface area contributed by atoms with Crippen molar-refractivity contribution in [3.63, 3.8) is 0 Å². The summed E-state index contributed by atoms with van der Waals surface area (Å²) >= 11 is 0. The zero-order valence-corrected chi connectivity index (χ0v) is 12.8. The predicted octanol–water partition coefficient (Wildman–Crippen LogP) is 1.24. The van der Waals surface area contributed by atoms with E-state index in [1.807, 2.05) is 0 Å². The van der Waals surface area contributed by atoms with Crippen LogP contribution in [-0.2, 0) is 9.84 Å². The minimum atomic E-state index is -3.01. The number of hydrogen-bond donors (Lipinski definition) is 1. The minimum absolute atomic E-state index is 0.0173. The number of amides is 2. The summed E-state index contributed by atoms with van der Waals surface area (Å²) in [6.07, 6.45) is 0. The molecule has 0 atom stereocenters. The largest absolute Gasteiger partial charge is 0.336 e. The Labute approximate surface area is 123 Å². The van der Waals surface area contributed by atoms with Crippen LogP contribution in [0.4, 0.5) is 14.9 Å². The van der Waals surface area contributed by atoms with Crippen LogP contribution in [-0.4, -0.2) is 56.1 Å². The molecule has 0 saturated carbocycles. The molecule has 1 fully saturated rings. The molecule has 0 unspecified atom stereocenters. The van der Waals surface area contributed by atoms with Gasteiger partial charge in [0.2, 0.25) is 0 Å². The summed E-state index contributed by atoms with van der Waals surface area (Å²) in [6, 6.07) is 3.95. The third kappa shape index (κ3) is 3.92. The number of halogens is 1. The second kappa shape index (κ2) is 5.98. The molecule has 0 bridgehead atoms. The first kappa shape index (κ1) is 15.7. The first-order chi connectivity index (χ1) is 9.78. The van der Waals surface area contributed by atoms with E-state index in [-0.39, 0.29) is 30.3 Å². The van der Waals surface area contributed by atoms with Crippen molar-refractivity contribution in [3.8, 4) is 0 Å². The van der Waals surface area contributed by atoms with E-state index in [0.717, 1.165) is 5.56 Å². The van der Waals surface area contributed by atoms with Gasteiger partial charge in [-0.2, -0.15) is 0 Å². The lowest BCUT2D eigenvalue weighted by Gasteiger charge is -2.34. The van der Waals surface area contributed by atoms with E-state index in [4.69, 9.17) is 0 Å². The van der Waals surface area contributed by atoms with Crippen LogP contribution in [0.2, 0.25) is 0 Å². The van der Waals surface area contributed by atoms with E-state index in [9.17, 15) is 17.6 Å². The molecule has 1 aromatic carbocycles. The molecule has 0 aromatic heterocycles. The van der Waals surface area contributed by atoms with Gasteiger partial charge in [-0.25, -0.2) is 22.6 Å². The topological polar surface area (TPSA) is 69.7 Å². The Kier molecular flexibility index (Phi) is 4.48. The Morgan fingerprint density at radius 2 is 1.95 bits per heavy atom. The summed E-state index contributed by atoms with van der Waals surface area (Å²) in [5.74, 6) is -0.476. The van der Waals surface area contributed by atoms with Crippen LogP contribution in [0.5, 0.6) is 0 Å². The highest BCUT2D eigenvalue weighted by molar-refractivity contribution is 7.91. The molecule has 0 spiro atoms. The van der Waals surface area contributed by atoms with Crippen molar-refractivity contribution in [2.24, 2.45) is 0 Å². The smallest absolute Gasteiger partial charge is 0.304 e. The number of nitrogens with zero attached hydrogens (tertiary/aromatic N) is 2. The maximum Gasteiger partial charge on any atom is 0.336 e. The lowest BCUT2D eigenvalue weighted by molar-refractivity contribution is 0.0512. The Balaban J connectivity index is 2.01. The average Bonchev–Trinajstić information content (AvgIpc) is 2.42. The van der Waals surface area contributed by atoms with E-state index in [1.165, 1.54) is 18.1 Å². The van der Waals surface area contributed by atoms with Gasteiger partial charge < -0.3 is 5.32 Å². The molecular formula is C13H18FN3O3S. The van der Waals surface area contributed by atoms with E-state index < -0.39 is 21.7 Å². The molecule has 1 aromatic rings. The van der Waals surface area contributed by atoms with Crippen LogP contribution >= 0.6 is 0 Å². The van der Waals surface area contributed by atoms with Gasteiger partial charge in [-0.15, -0.1) is 0 Å². The summed E-state index contributed by atoms with van der Waals surface area (Å²) in [6.45, 7) is 2.30. The molecule has 2 rings (SSSR count). The molecule has 2 amide bonds. The van der Waals surface area contributed by atoms with E-state index >= 15 is 0 Å². The average molecular weight is 315 g/mol. The molecule has 1 saturated heterocycles. The molecule has 1 aliphatic rings. The van der Waals surface area contributed by atoms with Gasteiger partial charge >= 0.3 is 6.03 Å². The Morgan fingerprint density at radius 3 is 2.57 bits per heavy atom. The van der Waals surface area contributed by atoms with Gasteiger partial charge in [0.05, 0.1) is 17.2 Å². The third-order valence-corrected chi connectivity index (χ3v) is 5.01. The number of benzene rings is 1. The fraction of sp³-hybridized carbons (Fsp3) is 0.462. The molecule has 6 nitrogen and oxygen atoms in total. The van der Waals surface area contributed by atoms with Gasteiger partial charge in [0.15, 0.2) is 9.84 Å². The summed E-state index contributed by atoms with van der Waals surface area (Å²) < 4.78 is 36.3.